The van der Waals surface area contributed by atoms with Crippen LogP contribution in [-0.4, -0.2) is 24.1 Å². The summed E-state index contributed by atoms with van der Waals surface area (Å²) in [5.41, 5.74) is 4.58. The Hall–Kier alpha value is -1.47. The van der Waals surface area contributed by atoms with Crippen molar-refractivity contribution in [3.8, 4) is 0 Å². The SMILES string of the molecule is CN(C)Nc1nc(NN)c(F)cc1F. The molecule has 14 heavy (non-hydrogen) atoms. The lowest BCUT2D eigenvalue weighted by Gasteiger charge is -2.14. The molecule has 1 aromatic rings. The van der Waals surface area contributed by atoms with Crippen LogP contribution in [0.3, 0.4) is 0 Å². The zero-order valence-corrected chi connectivity index (χ0v) is 7.81. The lowest BCUT2D eigenvalue weighted by Crippen LogP contribution is -2.22. The van der Waals surface area contributed by atoms with Crippen LogP contribution in [0.25, 0.3) is 0 Å². The third kappa shape index (κ3) is 2.27. The summed E-state index contributed by atoms with van der Waals surface area (Å²) >= 11 is 0. The smallest absolute Gasteiger partial charge is 0.179 e. The van der Waals surface area contributed by atoms with Gasteiger partial charge in [-0.15, -0.1) is 0 Å². The summed E-state index contributed by atoms with van der Waals surface area (Å²) < 4.78 is 25.9. The van der Waals surface area contributed by atoms with Crippen LogP contribution in [0.4, 0.5) is 20.4 Å². The van der Waals surface area contributed by atoms with Gasteiger partial charge in [-0.2, -0.15) is 0 Å². The van der Waals surface area contributed by atoms with Gasteiger partial charge < -0.3 is 10.9 Å². The molecule has 0 aliphatic rings. The highest BCUT2D eigenvalue weighted by atomic mass is 19.1. The number of anilines is 2. The first kappa shape index (κ1) is 10.6. The van der Waals surface area contributed by atoms with Gasteiger partial charge in [0.2, 0.25) is 0 Å². The highest BCUT2D eigenvalue weighted by Gasteiger charge is 2.10. The predicted octanol–water partition coefficient (Wildman–Crippen LogP) is 0.534. The fourth-order valence-corrected chi connectivity index (χ4v) is 0.858. The highest BCUT2D eigenvalue weighted by molar-refractivity contribution is 5.46. The van der Waals surface area contributed by atoms with Crippen LogP contribution in [0.15, 0.2) is 6.07 Å². The van der Waals surface area contributed by atoms with Gasteiger partial charge in [0.1, 0.15) is 0 Å². The molecule has 4 N–H and O–H groups in total. The van der Waals surface area contributed by atoms with Crippen LogP contribution in [0.2, 0.25) is 0 Å². The highest BCUT2D eigenvalue weighted by Crippen LogP contribution is 2.17. The van der Waals surface area contributed by atoms with Gasteiger partial charge in [0.05, 0.1) is 0 Å². The Morgan fingerprint density at radius 1 is 1.29 bits per heavy atom. The molecule has 5 nitrogen and oxygen atoms in total. The molecule has 0 aromatic carbocycles. The number of nitrogen functional groups attached to an aromatic ring is 1. The third-order valence-electron chi connectivity index (χ3n) is 1.40. The average molecular weight is 203 g/mol. The summed E-state index contributed by atoms with van der Waals surface area (Å²) in [5, 5.41) is 1.48. The Morgan fingerprint density at radius 2 is 1.86 bits per heavy atom. The van der Waals surface area contributed by atoms with E-state index in [-0.39, 0.29) is 11.6 Å². The molecule has 0 aliphatic heterocycles. The molecule has 78 valence electrons. The first-order valence-electron chi connectivity index (χ1n) is 3.81. The number of hydrazine groups is 2. The maximum absolute atomic E-state index is 13.1. The van der Waals surface area contributed by atoms with E-state index in [9.17, 15) is 8.78 Å². The van der Waals surface area contributed by atoms with E-state index in [4.69, 9.17) is 5.84 Å². The molecule has 1 aromatic heterocycles. The molecule has 0 atom stereocenters. The summed E-state index contributed by atoms with van der Waals surface area (Å²) in [6.07, 6.45) is 0. The zero-order valence-electron chi connectivity index (χ0n) is 7.81. The average Bonchev–Trinajstić information content (AvgIpc) is 2.09. The Kier molecular flexibility index (Phi) is 3.15. The number of nitrogens with two attached hydrogens (primary N) is 1. The van der Waals surface area contributed by atoms with Crippen molar-refractivity contribution in [2.75, 3.05) is 24.9 Å². The second kappa shape index (κ2) is 4.16. The van der Waals surface area contributed by atoms with Gasteiger partial charge in [0, 0.05) is 20.2 Å². The van der Waals surface area contributed by atoms with Gasteiger partial charge in [-0.3, -0.25) is 0 Å². The van der Waals surface area contributed by atoms with Gasteiger partial charge in [0.15, 0.2) is 23.3 Å². The van der Waals surface area contributed by atoms with E-state index in [2.05, 4.69) is 10.4 Å². The first-order valence-corrected chi connectivity index (χ1v) is 3.81. The molecule has 0 amide bonds. The summed E-state index contributed by atoms with van der Waals surface area (Å²) in [7, 11) is 3.31. The Labute approximate surface area is 79.9 Å². The van der Waals surface area contributed by atoms with Crippen LogP contribution in [0, 0.1) is 11.6 Å². The minimum absolute atomic E-state index is 0.0932. The Bertz CT molecular complexity index is 328. The second-order valence-corrected chi connectivity index (χ2v) is 2.80. The number of hydrogen-bond acceptors (Lipinski definition) is 5. The van der Waals surface area contributed by atoms with Crippen molar-refractivity contribution in [2.24, 2.45) is 5.84 Å². The van der Waals surface area contributed by atoms with Crippen molar-refractivity contribution < 1.29 is 8.78 Å². The maximum Gasteiger partial charge on any atom is 0.179 e. The quantitative estimate of drug-likeness (QED) is 0.494. The number of halogens is 2. The second-order valence-electron chi connectivity index (χ2n) is 2.80. The molecule has 1 heterocycles. The summed E-state index contributed by atoms with van der Waals surface area (Å²) in [6, 6.07) is 0.702. The molecule has 0 fully saturated rings. The number of nitrogens with zero attached hydrogens (tertiary/aromatic N) is 2. The van der Waals surface area contributed by atoms with Gasteiger partial charge in [-0.05, 0) is 0 Å². The van der Waals surface area contributed by atoms with E-state index in [1.807, 2.05) is 5.43 Å². The summed E-state index contributed by atoms with van der Waals surface area (Å²) in [6.45, 7) is 0. The largest absolute Gasteiger partial charge is 0.306 e. The molecule has 0 saturated carbocycles. The van der Waals surface area contributed by atoms with E-state index >= 15 is 0 Å². The van der Waals surface area contributed by atoms with E-state index in [1.54, 1.807) is 14.1 Å². The number of hydrogen-bond donors (Lipinski definition) is 3. The van der Waals surface area contributed by atoms with Crippen molar-refractivity contribution >= 4 is 11.6 Å². The van der Waals surface area contributed by atoms with E-state index < -0.39 is 11.6 Å². The normalized spacial score (nSPS) is 10.4. The third-order valence-corrected chi connectivity index (χ3v) is 1.40. The number of nitrogens with one attached hydrogen (secondary N) is 2. The van der Waals surface area contributed by atoms with Crippen LogP contribution in [0.1, 0.15) is 0 Å². The summed E-state index contributed by atoms with van der Waals surface area (Å²) in [4.78, 5) is 3.59. The predicted molar refractivity (Wildman–Crippen MR) is 49.3 cm³/mol. The van der Waals surface area contributed by atoms with Crippen molar-refractivity contribution in [1.29, 1.82) is 0 Å². The van der Waals surface area contributed by atoms with Crippen molar-refractivity contribution in [1.82, 2.24) is 9.99 Å². The number of aromatic nitrogens is 1. The van der Waals surface area contributed by atoms with Crippen LogP contribution in [-0.2, 0) is 0 Å². The van der Waals surface area contributed by atoms with Crippen LogP contribution < -0.4 is 16.7 Å². The van der Waals surface area contributed by atoms with Gasteiger partial charge in [0.25, 0.3) is 0 Å². The van der Waals surface area contributed by atoms with E-state index in [0.717, 1.165) is 0 Å². The summed E-state index contributed by atoms with van der Waals surface area (Å²) in [5.74, 6) is 3.06. The maximum atomic E-state index is 13.1. The van der Waals surface area contributed by atoms with Gasteiger partial charge >= 0.3 is 0 Å². The van der Waals surface area contributed by atoms with E-state index in [0.29, 0.717) is 6.07 Å². The Morgan fingerprint density at radius 3 is 2.36 bits per heavy atom. The van der Waals surface area contributed by atoms with Crippen molar-refractivity contribution in [2.45, 2.75) is 0 Å². The molecule has 0 radical (unpaired) electrons. The monoisotopic (exact) mass is 203 g/mol. The lowest BCUT2D eigenvalue weighted by molar-refractivity contribution is 0.480. The molecule has 0 saturated heterocycles. The number of rotatable bonds is 3. The molecule has 0 unspecified atom stereocenters. The van der Waals surface area contributed by atoms with Gasteiger partial charge in [-0.1, -0.05) is 0 Å². The topological polar surface area (TPSA) is 66.2 Å². The van der Waals surface area contributed by atoms with E-state index in [1.165, 1.54) is 5.01 Å². The molecule has 0 bridgehead atoms. The molecular formula is C7H11F2N5. The number of pyridine rings is 1. The minimum Gasteiger partial charge on any atom is -0.306 e. The minimum atomic E-state index is -0.839. The van der Waals surface area contributed by atoms with Crippen LogP contribution in [0.5, 0.6) is 0 Å². The molecular weight excluding hydrogens is 192 g/mol. The fourth-order valence-electron chi connectivity index (χ4n) is 0.858. The molecule has 1 rings (SSSR count). The Balaban J connectivity index is 3.04. The molecule has 7 heteroatoms. The molecule has 0 spiro atoms. The van der Waals surface area contributed by atoms with Crippen molar-refractivity contribution in [3.63, 3.8) is 0 Å². The van der Waals surface area contributed by atoms with Crippen LogP contribution >= 0.6 is 0 Å². The zero-order chi connectivity index (χ0) is 10.7. The van der Waals surface area contributed by atoms with Crippen molar-refractivity contribution in [3.05, 3.63) is 17.7 Å². The molecule has 0 aliphatic carbocycles. The van der Waals surface area contributed by atoms with Gasteiger partial charge in [-0.25, -0.2) is 24.6 Å². The first-order chi connectivity index (χ1) is 6.54. The standard InChI is InChI=1S/C7H11F2N5/c1-14(2)13-7-5(9)3-4(8)6(11-7)12-10/h3H,10H2,1-2H3,(H2,11,12,13). The fraction of sp³-hybridized carbons (Fsp3) is 0.286. The lowest BCUT2D eigenvalue weighted by atomic mass is 10.4.